The molecule has 3 rings (SSSR count). The molecule has 0 aromatic heterocycles. The standard InChI is InChI=1S/C18H28N2O.2ClH/c1-14(2)21-17-7-5-16(6-8-17)18(13-15-3-4-15)20-11-9-19-10-12-20;;/h5-8,14-15,18-19H,3-4,9-13H2,1-2H3;2*1H/t18-;;/m0../s1. The molecule has 1 saturated carbocycles. The van der Waals surface area contributed by atoms with Crippen LogP contribution >= 0.6 is 24.8 Å². The van der Waals surface area contributed by atoms with Gasteiger partial charge in [-0.3, -0.25) is 4.90 Å². The van der Waals surface area contributed by atoms with E-state index in [0.29, 0.717) is 6.04 Å². The fraction of sp³-hybridized carbons (Fsp3) is 0.667. The highest BCUT2D eigenvalue weighted by atomic mass is 35.5. The Morgan fingerprint density at radius 3 is 2.22 bits per heavy atom. The molecule has 0 spiro atoms. The van der Waals surface area contributed by atoms with E-state index in [1.54, 1.807) is 0 Å². The van der Waals surface area contributed by atoms with Gasteiger partial charge < -0.3 is 10.1 Å². The molecule has 0 bridgehead atoms. The normalized spacial score (nSPS) is 19.6. The first-order chi connectivity index (χ1) is 10.2. The molecule has 0 amide bonds. The van der Waals surface area contributed by atoms with Gasteiger partial charge in [-0.1, -0.05) is 25.0 Å². The summed E-state index contributed by atoms with van der Waals surface area (Å²) in [5.74, 6) is 1.94. The third kappa shape index (κ3) is 6.15. The monoisotopic (exact) mass is 360 g/mol. The molecule has 2 aliphatic rings. The van der Waals surface area contributed by atoms with Crippen LogP contribution in [0.5, 0.6) is 5.75 Å². The van der Waals surface area contributed by atoms with E-state index in [4.69, 9.17) is 4.74 Å². The molecular weight excluding hydrogens is 331 g/mol. The average molecular weight is 361 g/mol. The molecule has 1 saturated heterocycles. The Hall–Kier alpha value is -0.480. The number of hydrogen-bond acceptors (Lipinski definition) is 3. The first-order valence-corrected chi connectivity index (χ1v) is 8.44. The van der Waals surface area contributed by atoms with Gasteiger partial charge in [-0.2, -0.15) is 0 Å². The maximum Gasteiger partial charge on any atom is 0.119 e. The summed E-state index contributed by atoms with van der Waals surface area (Å²) in [5, 5.41) is 3.46. The maximum absolute atomic E-state index is 5.76. The van der Waals surface area contributed by atoms with E-state index in [1.807, 2.05) is 0 Å². The van der Waals surface area contributed by atoms with Crippen molar-refractivity contribution in [2.45, 2.75) is 45.3 Å². The first-order valence-electron chi connectivity index (χ1n) is 8.44. The van der Waals surface area contributed by atoms with Gasteiger partial charge in [-0.15, -0.1) is 24.8 Å². The smallest absolute Gasteiger partial charge is 0.119 e. The third-order valence-corrected chi connectivity index (χ3v) is 4.48. The van der Waals surface area contributed by atoms with E-state index < -0.39 is 0 Å². The van der Waals surface area contributed by atoms with Gasteiger partial charge in [0, 0.05) is 32.2 Å². The lowest BCUT2D eigenvalue weighted by Gasteiger charge is -2.35. The zero-order chi connectivity index (χ0) is 14.7. The summed E-state index contributed by atoms with van der Waals surface area (Å²) in [5.41, 5.74) is 1.46. The molecule has 0 radical (unpaired) electrons. The van der Waals surface area contributed by atoms with Crippen molar-refractivity contribution < 1.29 is 4.74 Å². The lowest BCUT2D eigenvalue weighted by Crippen LogP contribution is -2.45. The summed E-state index contributed by atoms with van der Waals surface area (Å²) in [6.07, 6.45) is 4.42. The molecule has 1 aliphatic heterocycles. The summed E-state index contributed by atoms with van der Waals surface area (Å²) in [6.45, 7) is 8.73. The lowest BCUT2D eigenvalue weighted by atomic mass is 9.98. The van der Waals surface area contributed by atoms with Gasteiger partial charge in [-0.05, 0) is 43.9 Å². The number of hydrogen-bond donors (Lipinski definition) is 1. The van der Waals surface area contributed by atoms with Gasteiger partial charge in [-0.25, -0.2) is 0 Å². The highest BCUT2D eigenvalue weighted by Crippen LogP contribution is 2.40. The average Bonchev–Trinajstić information content (AvgIpc) is 3.30. The van der Waals surface area contributed by atoms with Crippen molar-refractivity contribution in [2.75, 3.05) is 26.2 Å². The van der Waals surface area contributed by atoms with Crippen molar-refractivity contribution in [3.05, 3.63) is 29.8 Å². The summed E-state index contributed by atoms with van der Waals surface area (Å²) < 4.78 is 5.76. The maximum atomic E-state index is 5.76. The molecule has 1 aromatic carbocycles. The predicted octanol–water partition coefficient (Wildman–Crippen LogP) is 4.06. The quantitative estimate of drug-likeness (QED) is 0.827. The summed E-state index contributed by atoms with van der Waals surface area (Å²) in [6, 6.07) is 9.40. The molecule has 0 unspecified atom stereocenters. The topological polar surface area (TPSA) is 24.5 Å². The van der Waals surface area contributed by atoms with E-state index in [1.165, 1.54) is 37.9 Å². The fourth-order valence-corrected chi connectivity index (χ4v) is 3.20. The molecule has 1 aromatic rings. The Morgan fingerprint density at radius 1 is 1.09 bits per heavy atom. The highest BCUT2D eigenvalue weighted by Gasteiger charge is 2.30. The SMILES string of the molecule is CC(C)Oc1ccc([C@H](CC2CC2)N2CCNCC2)cc1.Cl.Cl. The van der Waals surface area contributed by atoms with Gasteiger partial charge >= 0.3 is 0 Å². The Kier molecular flexibility index (Phi) is 8.70. The number of rotatable bonds is 6. The van der Waals surface area contributed by atoms with Crippen LogP contribution in [0, 0.1) is 5.92 Å². The number of benzene rings is 1. The summed E-state index contributed by atoms with van der Waals surface area (Å²) in [7, 11) is 0. The molecule has 1 aliphatic carbocycles. The van der Waals surface area contributed by atoms with Gasteiger partial charge in [0.05, 0.1) is 6.10 Å². The second-order valence-corrected chi connectivity index (χ2v) is 6.72. The molecule has 1 atom stereocenters. The molecular formula is C18H30Cl2N2O. The van der Waals surface area contributed by atoms with E-state index in [2.05, 4.69) is 48.3 Å². The van der Waals surface area contributed by atoms with Crippen molar-refractivity contribution in [3.63, 3.8) is 0 Å². The minimum atomic E-state index is 0. The van der Waals surface area contributed by atoms with Gasteiger partial charge in [0.2, 0.25) is 0 Å². The van der Waals surface area contributed by atoms with Crippen LogP contribution in [0.4, 0.5) is 0 Å². The fourth-order valence-electron chi connectivity index (χ4n) is 3.20. The molecule has 5 heteroatoms. The Labute approximate surface area is 153 Å². The van der Waals surface area contributed by atoms with Gasteiger partial charge in [0.15, 0.2) is 0 Å². The van der Waals surface area contributed by atoms with Crippen LogP contribution in [0.2, 0.25) is 0 Å². The van der Waals surface area contributed by atoms with Crippen LogP contribution < -0.4 is 10.1 Å². The molecule has 2 fully saturated rings. The number of nitrogens with one attached hydrogen (secondary N) is 1. The highest BCUT2D eigenvalue weighted by molar-refractivity contribution is 5.85. The molecule has 1 N–H and O–H groups in total. The molecule has 1 heterocycles. The van der Waals surface area contributed by atoms with E-state index in [9.17, 15) is 0 Å². The van der Waals surface area contributed by atoms with Crippen molar-refractivity contribution in [1.29, 1.82) is 0 Å². The Morgan fingerprint density at radius 2 is 1.70 bits per heavy atom. The van der Waals surface area contributed by atoms with Crippen molar-refractivity contribution >= 4 is 24.8 Å². The minimum absolute atomic E-state index is 0. The predicted molar refractivity (Wildman–Crippen MR) is 101 cm³/mol. The number of piperazine rings is 1. The van der Waals surface area contributed by atoms with Crippen LogP contribution in [0.3, 0.4) is 0 Å². The summed E-state index contributed by atoms with van der Waals surface area (Å²) >= 11 is 0. The van der Waals surface area contributed by atoms with Crippen LogP contribution in [-0.2, 0) is 0 Å². The Balaban J connectivity index is 0.00000132. The summed E-state index contributed by atoms with van der Waals surface area (Å²) in [4.78, 5) is 2.66. The minimum Gasteiger partial charge on any atom is -0.491 e. The number of nitrogens with zero attached hydrogens (tertiary/aromatic N) is 1. The van der Waals surface area contributed by atoms with E-state index in [-0.39, 0.29) is 30.9 Å². The van der Waals surface area contributed by atoms with Gasteiger partial charge in [0.25, 0.3) is 0 Å². The van der Waals surface area contributed by atoms with Gasteiger partial charge in [0.1, 0.15) is 5.75 Å². The zero-order valence-corrected chi connectivity index (χ0v) is 15.8. The van der Waals surface area contributed by atoms with Crippen LogP contribution in [-0.4, -0.2) is 37.2 Å². The largest absolute Gasteiger partial charge is 0.491 e. The molecule has 132 valence electrons. The van der Waals surface area contributed by atoms with E-state index in [0.717, 1.165) is 24.8 Å². The number of halogens is 2. The third-order valence-electron chi connectivity index (χ3n) is 4.48. The van der Waals surface area contributed by atoms with Crippen molar-refractivity contribution in [3.8, 4) is 5.75 Å². The Bertz CT molecular complexity index is 443. The van der Waals surface area contributed by atoms with E-state index >= 15 is 0 Å². The number of ether oxygens (including phenoxy) is 1. The van der Waals surface area contributed by atoms with Crippen LogP contribution in [0.15, 0.2) is 24.3 Å². The second-order valence-electron chi connectivity index (χ2n) is 6.72. The van der Waals surface area contributed by atoms with Crippen molar-refractivity contribution in [1.82, 2.24) is 10.2 Å². The van der Waals surface area contributed by atoms with Crippen molar-refractivity contribution in [2.24, 2.45) is 5.92 Å². The van der Waals surface area contributed by atoms with Crippen LogP contribution in [0.25, 0.3) is 0 Å². The zero-order valence-electron chi connectivity index (χ0n) is 14.2. The first kappa shape index (κ1) is 20.6. The second kappa shape index (κ2) is 9.73. The lowest BCUT2D eigenvalue weighted by molar-refractivity contribution is 0.160. The van der Waals surface area contributed by atoms with Crippen LogP contribution in [0.1, 0.15) is 44.7 Å². The molecule has 23 heavy (non-hydrogen) atoms. The molecule has 3 nitrogen and oxygen atoms in total.